The molecule has 226 valence electrons. The summed E-state index contributed by atoms with van der Waals surface area (Å²) in [5.74, 6) is -1.15. The maximum atomic E-state index is 14.4. The Morgan fingerprint density at radius 1 is 1.05 bits per heavy atom. The van der Waals surface area contributed by atoms with Crippen LogP contribution in [0.3, 0.4) is 0 Å². The third kappa shape index (κ3) is 10.3. The molecule has 0 saturated heterocycles. The van der Waals surface area contributed by atoms with E-state index in [0.717, 1.165) is 24.8 Å². The van der Waals surface area contributed by atoms with E-state index >= 15 is 0 Å². The van der Waals surface area contributed by atoms with Crippen LogP contribution in [0.2, 0.25) is 5.02 Å². The number of phenols is 1. The number of nitrogens with zero attached hydrogens (tertiary/aromatic N) is 1. The SMILES string of the molecule is CCCCCCN(C(=O)C(NC(=O)OC(C)(C)C)C(C)CC)C(C(=O)Nc1c(C)cccc1Cl)c1cccc(O)c1. The van der Waals surface area contributed by atoms with Gasteiger partial charge in [0.2, 0.25) is 5.91 Å². The first kappa shape index (κ1) is 33.9. The third-order valence-electron chi connectivity index (χ3n) is 6.90. The van der Waals surface area contributed by atoms with E-state index in [0.29, 0.717) is 29.1 Å². The molecule has 2 rings (SSSR count). The van der Waals surface area contributed by atoms with Crippen molar-refractivity contribution < 1.29 is 24.2 Å². The Morgan fingerprint density at radius 3 is 2.32 bits per heavy atom. The van der Waals surface area contributed by atoms with Crippen LogP contribution in [0.4, 0.5) is 10.5 Å². The first-order chi connectivity index (χ1) is 19.3. The summed E-state index contributed by atoms with van der Waals surface area (Å²) < 4.78 is 5.47. The largest absolute Gasteiger partial charge is 0.508 e. The highest BCUT2D eigenvalue weighted by molar-refractivity contribution is 6.34. The summed E-state index contributed by atoms with van der Waals surface area (Å²) in [6.45, 7) is 13.3. The Morgan fingerprint density at radius 2 is 1.73 bits per heavy atom. The molecule has 41 heavy (non-hydrogen) atoms. The van der Waals surface area contributed by atoms with Crippen LogP contribution in [0.1, 0.15) is 90.8 Å². The predicted molar refractivity (Wildman–Crippen MR) is 164 cm³/mol. The lowest BCUT2D eigenvalue weighted by Gasteiger charge is -2.36. The van der Waals surface area contributed by atoms with Crippen molar-refractivity contribution >= 4 is 35.2 Å². The van der Waals surface area contributed by atoms with Crippen molar-refractivity contribution in [1.29, 1.82) is 0 Å². The maximum absolute atomic E-state index is 14.4. The van der Waals surface area contributed by atoms with Gasteiger partial charge in [-0.1, -0.05) is 82.3 Å². The third-order valence-corrected chi connectivity index (χ3v) is 7.22. The zero-order valence-electron chi connectivity index (χ0n) is 25.4. The normalized spacial score (nSPS) is 13.6. The van der Waals surface area contributed by atoms with Crippen LogP contribution in [0.15, 0.2) is 42.5 Å². The first-order valence-corrected chi connectivity index (χ1v) is 14.8. The number of halogens is 1. The Bertz CT molecular complexity index is 1160. The van der Waals surface area contributed by atoms with Gasteiger partial charge in [0.15, 0.2) is 0 Å². The number of carbonyl (C=O) groups is 3. The van der Waals surface area contributed by atoms with E-state index in [-0.39, 0.29) is 18.2 Å². The van der Waals surface area contributed by atoms with Crippen molar-refractivity contribution in [1.82, 2.24) is 10.2 Å². The fourth-order valence-corrected chi connectivity index (χ4v) is 4.79. The molecule has 3 unspecified atom stereocenters. The molecule has 3 amide bonds. The second-order valence-corrected chi connectivity index (χ2v) is 11.9. The number of phenolic OH excluding ortho intramolecular Hbond substituents is 1. The monoisotopic (exact) mass is 587 g/mol. The minimum Gasteiger partial charge on any atom is -0.508 e. The molecule has 0 aliphatic rings. The second kappa shape index (κ2) is 15.7. The number of rotatable bonds is 13. The van der Waals surface area contributed by atoms with Crippen molar-refractivity contribution in [2.24, 2.45) is 5.92 Å². The molecule has 2 aromatic carbocycles. The van der Waals surface area contributed by atoms with Gasteiger partial charge in [-0.05, 0) is 69.4 Å². The highest BCUT2D eigenvalue weighted by Gasteiger charge is 2.38. The van der Waals surface area contributed by atoms with E-state index in [1.165, 1.54) is 17.0 Å². The van der Waals surface area contributed by atoms with Crippen molar-refractivity contribution in [3.05, 3.63) is 58.6 Å². The average molecular weight is 588 g/mol. The summed E-state index contributed by atoms with van der Waals surface area (Å²) >= 11 is 6.43. The highest BCUT2D eigenvalue weighted by Crippen LogP contribution is 2.31. The number of ether oxygens (including phenoxy) is 1. The van der Waals surface area contributed by atoms with Gasteiger partial charge in [-0.2, -0.15) is 0 Å². The molecule has 3 N–H and O–H groups in total. The summed E-state index contributed by atoms with van der Waals surface area (Å²) in [7, 11) is 0. The van der Waals surface area contributed by atoms with Gasteiger partial charge in [0, 0.05) is 6.54 Å². The number of unbranched alkanes of at least 4 members (excludes halogenated alkanes) is 3. The van der Waals surface area contributed by atoms with Crippen LogP contribution in [0.5, 0.6) is 5.75 Å². The zero-order valence-corrected chi connectivity index (χ0v) is 26.2. The van der Waals surface area contributed by atoms with Crippen molar-refractivity contribution in [2.75, 3.05) is 11.9 Å². The van der Waals surface area contributed by atoms with Gasteiger partial charge in [-0.25, -0.2) is 4.79 Å². The summed E-state index contributed by atoms with van der Waals surface area (Å²) in [6, 6.07) is 9.61. The van der Waals surface area contributed by atoms with E-state index in [2.05, 4.69) is 17.6 Å². The molecule has 0 bridgehead atoms. The molecule has 3 atom stereocenters. The molecular weight excluding hydrogens is 542 g/mol. The number of hydrogen-bond donors (Lipinski definition) is 3. The van der Waals surface area contributed by atoms with Gasteiger partial charge in [0.25, 0.3) is 5.91 Å². The lowest BCUT2D eigenvalue weighted by Crippen LogP contribution is -2.55. The summed E-state index contributed by atoms with van der Waals surface area (Å²) in [6.07, 6.45) is 3.42. The van der Waals surface area contributed by atoms with Gasteiger partial charge in [0.1, 0.15) is 23.4 Å². The van der Waals surface area contributed by atoms with Gasteiger partial charge in [-0.3, -0.25) is 9.59 Å². The Labute approximate surface area is 249 Å². The fourth-order valence-electron chi connectivity index (χ4n) is 4.52. The van der Waals surface area contributed by atoms with Crippen molar-refractivity contribution in [3.8, 4) is 5.75 Å². The summed E-state index contributed by atoms with van der Waals surface area (Å²) in [5.41, 5.74) is 0.915. The molecule has 8 nitrogen and oxygen atoms in total. The lowest BCUT2D eigenvalue weighted by atomic mass is 9.95. The molecule has 0 aliphatic heterocycles. The average Bonchev–Trinajstić information content (AvgIpc) is 2.89. The maximum Gasteiger partial charge on any atom is 0.408 e. The molecule has 0 heterocycles. The van der Waals surface area contributed by atoms with Crippen LogP contribution in [-0.4, -0.2) is 46.1 Å². The number of hydrogen-bond acceptors (Lipinski definition) is 5. The first-order valence-electron chi connectivity index (χ1n) is 14.4. The molecule has 2 aromatic rings. The molecule has 0 saturated carbocycles. The van der Waals surface area contributed by atoms with E-state index in [1.54, 1.807) is 45.0 Å². The number of benzene rings is 2. The van der Waals surface area contributed by atoms with E-state index in [9.17, 15) is 19.5 Å². The van der Waals surface area contributed by atoms with E-state index < -0.39 is 35.6 Å². The Kier molecular flexibility index (Phi) is 13.0. The standard InChI is InChI=1S/C32H46ClN3O5/c1-8-10-11-12-19-36(30(39)27(21(3)9-2)35-31(40)41-32(5,6)7)28(23-16-14-17-24(37)20-23)29(38)34-26-22(4)15-13-18-25(26)33/h13-18,20-21,27-28,37H,8-12,19H2,1-7H3,(H,34,38)(H,35,40). The van der Waals surface area contributed by atoms with Crippen LogP contribution >= 0.6 is 11.6 Å². The number of carbonyl (C=O) groups excluding carboxylic acids is 3. The minimum absolute atomic E-state index is 0.0297. The summed E-state index contributed by atoms with van der Waals surface area (Å²) in [5, 5.41) is 16.4. The number of aromatic hydroxyl groups is 1. The quantitative estimate of drug-likeness (QED) is 0.212. The molecule has 9 heteroatoms. The van der Waals surface area contributed by atoms with Gasteiger partial charge in [-0.15, -0.1) is 0 Å². The molecular formula is C32H46ClN3O5. The molecule has 0 aromatic heterocycles. The zero-order chi connectivity index (χ0) is 30.7. The topological polar surface area (TPSA) is 108 Å². The fraction of sp³-hybridized carbons (Fsp3) is 0.531. The van der Waals surface area contributed by atoms with Crippen LogP contribution in [-0.2, 0) is 14.3 Å². The predicted octanol–water partition coefficient (Wildman–Crippen LogP) is 7.38. The van der Waals surface area contributed by atoms with E-state index in [1.807, 2.05) is 26.8 Å². The Balaban J connectivity index is 2.60. The number of nitrogens with one attached hydrogen (secondary N) is 2. The summed E-state index contributed by atoms with van der Waals surface area (Å²) in [4.78, 5) is 42.8. The highest BCUT2D eigenvalue weighted by atomic mass is 35.5. The van der Waals surface area contributed by atoms with E-state index in [4.69, 9.17) is 16.3 Å². The number of amides is 3. The minimum atomic E-state index is -1.10. The molecule has 0 spiro atoms. The number of alkyl carbamates (subject to hydrolysis) is 1. The van der Waals surface area contributed by atoms with Gasteiger partial charge in [0.05, 0.1) is 10.7 Å². The van der Waals surface area contributed by atoms with Crippen LogP contribution in [0.25, 0.3) is 0 Å². The van der Waals surface area contributed by atoms with Crippen molar-refractivity contribution in [3.63, 3.8) is 0 Å². The lowest BCUT2D eigenvalue weighted by molar-refractivity contribution is -0.142. The smallest absolute Gasteiger partial charge is 0.408 e. The number of anilines is 1. The molecule has 0 radical (unpaired) electrons. The van der Waals surface area contributed by atoms with Crippen LogP contribution < -0.4 is 10.6 Å². The van der Waals surface area contributed by atoms with Gasteiger partial charge < -0.3 is 25.4 Å². The van der Waals surface area contributed by atoms with Crippen molar-refractivity contribution in [2.45, 2.75) is 98.3 Å². The Hall–Kier alpha value is -3.26. The van der Waals surface area contributed by atoms with Crippen LogP contribution in [0, 0.1) is 12.8 Å². The second-order valence-electron chi connectivity index (χ2n) is 11.5. The number of aryl methyl sites for hydroxylation is 1. The molecule has 0 fully saturated rings. The number of para-hydroxylation sites is 1. The molecule has 0 aliphatic carbocycles. The van der Waals surface area contributed by atoms with Gasteiger partial charge >= 0.3 is 6.09 Å².